The van der Waals surface area contributed by atoms with E-state index < -0.39 is 0 Å². The minimum atomic E-state index is 0.333. The van der Waals surface area contributed by atoms with Gasteiger partial charge in [-0.3, -0.25) is 0 Å². The molecule has 1 aliphatic rings. The number of nitrogens with zero attached hydrogens (tertiary/aromatic N) is 2. The lowest BCUT2D eigenvalue weighted by Gasteiger charge is -2.28. The molecule has 1 saturated carbocycles. The number of hydrogen-bond acceptors (Lipinski definition) is 5. The maximum Gasteiger partial charge on any atom is 0.135 e. The summed E-state index contributed by atoms with van der Waals surface area (Å²) in [4.78, 5) is 9.34. The molecule has 1 aromatic heterocycles. The van der Waals surface area contributed by atoms with Crippen molar-refractivity contribution in [1.82, 2.24) is 9.97 Å². The van der Waals surface area contributed by atoms with Crippen molar-refractivity contribution in [1.29, 1.82) is 0 Å². The fourth-order valence-electron chi connectivity index (χ4n) is 2.92. The van der Waals surface area contributed by atoms with Crippen molar-refractivity contribution >= 4 is 23.4 Å². The van der Waals surface area contributed by atoms with Gasteiger partial charge < -0.3 is 10.6 Å². The van der Waals surface area contributed by atoms with Crippen molar-refractivity contribution in [3.05, 3.63) is 11.4 Å². The van der Waals surface area contributed by atoms with Crippen LogP contribution in [0.4, 0.5) is 11.6 Å². The Hall–Kier alpha value is -0.970. The van der Waals surface area contributed by atoms with Gasteiger partial charge in [0.05, 0.1) is 0 Å². The van der Waals surface area contributed by atoms with E-state index in [9.17, 15) is 0 Å². The third kappa shape index (κ3) is 3.62. The van der Waals surface area contributed by atoms with Crippen molar-refractivity contribution in [2.24, 2.45) is 0 Å². The van der Waals surface area contributed by atoms with Crippen LogP contribution in [0.25, 0.3) is 0 Å². The molecule has 0 radical (unpaired) electrons. The third-order valence-electron chi connectivity index (χ3n) is 4.44. The molecule has 21 heavy (non-hydrogen) atoms. The van der Waals surface area contributed by atoms with Crippen molar-refractivity contribution in [3.63, 3.8) is 0 Å². The van der Waals surface area contributed by atoms with Gasteiger partial charge in [0.15, 0.2) is 0 Å². The molecular formula is C16H28N4S. The zero-order valence-electron chi connectivity index (χ0n) is 13.9. The summed E-state index contributed by atoms with van der Waals surface area (Å²) >= 11 is 2.00. The lowest BCUT2D eigenvalue weighted by molar-refractivity contribution is 0.637. The second kappa shape index (κ2) is 6.86. The van der Waals surface area contributed by atoms with Crippen LogP contribution < -0.4 is 10.6 Å². The highest BCUT2D eigenvalue weighted by Crippen LogP contribution is 2.40. The van der Waals surface area contributed by atoms with Gasteiger partial charge in [-0.2, -0.15) is 11.8 Å². The molecule has 5 heteroatoms. The fraction of sp³-hybridized carbons (Fsp3) is 0.750. The molecule has 2 N–H and O–H groups in total. The molecule has 0 unspecified atom stereocenters. The molecule has 118 valence electrons. The van der Waals surface area contributed by atoms with Crippen LogP contribution in [0.1, 0.15) is 56.8 Å². The highest BCUT2D eigenvalue weighted by Gasteiger charge is 2.33. The van der Waals surface area contributed by atoms with Gasteiger partial charge in [-0.1, -0.05) is 26.7 Å². The van der Waals surface area contributed by atoms with Crippen molar-refractivity contribution < 1.29 is 0 Å². The molecule has 0 bridgehead atoms. The molecule has 2 rings (SSSR count). The summed E-state index contributed by atoms with van der Waals surface area (Å²) in [6.45, 7) is 7.34. The van der Waals surface area contributed by atoms with Gasteiger partial charge in [0.25, 0.3) is 0 Å². The molecule has 0 saturated heterocycles. The zero-order chi connectivity index (χ0) is 15.5. The van der Waals surface area contributed by atoms with Gasteiger partial charge in [0.1, 0.15) is 17.5 Å². The lowest BCUT2D eigenvalue weighted by atomic mass is 10.1. The normalized spacial score (nSPS) is 17.2. The van der Waals surface area contributed by atoms with Crippen LogP contribution in [-0.4, -0.2) is 34.6 Å². The van der Waals surface area contributed by atoms with E-state index in [0.29, 0.717) is 10.7 Å². The predicted octanol–water partition coefficient (Wildman–Crippen LogP) is 4.04. The number of thioether (sulfide) groups is 1. The Morgan fingerprint density at radius 2 is 1.81 bits per heavy atom. The minimum absolute atomic E-state index is 0.333. The maximum absolute atomic E-state index is 4.74. The molecule has 4 nitrogen and oxygen atoms in total. The number of aromatic nitrogens is 2. The van der Waals surface area contributed by atoms with Gasteiger partial charge in [0.2, 0.25) is 0 Å². The summed E-state index contributed by atoms with van der Waals surface area (Å²) in [6, 6.07) is 0. The fourth-order valence-corrected chi connectivity index (χ4v) is 3.84. The van der Waals surface area contributed by atoms with E-state index in [4.69, 9.17) is 4.98 Å². The molecule has 0 aliphatic heterocycles. The number of anilines is 2. The maximum atomic E-state index is 4.74. The third-order valence-corrected chi connectivity index (χ3v) is 5.86. The average Bonchev–Trinajstić information content (AvgIpc) is 2.95. The Morgan fingerprint density at radius 1 is 1.19 bits per heavy atom. The molecule has 1 aliphatic carbocycles. The monoisotopic (exact) mass is 308 g/mol. The Labute approximate surface area is 132 Å². The molecule has 1 heterocycles. The van der Waals surface area contributed by atoms with E-state index in [0.717, 1.165) is 29.6 Å². The first-order valence-corrected chi connectivity index (χ1v) is 9.09. The van der Waals surface area contributed by atoms with Gasteiger partial charge in [0, 0.05) is 29.8 Å². The first-order chi connectivity index (χ1) is 10.0. The molecule has 1 fully saturated rings. The van der Waals surface area contributed by atoms with Gasteiger partial charge >= 0.3 is 0 Å². The van der Waals surface area contributed by atoms with E-state index in [1.54, 1.807) is 0 Å². The summed E-state index contributed by atoms with van der Waals surface area (Å²) in [5.74, 6) is 3.15. The van der Waals surface area contributed by atoms with Crippen molar-refractivity contribution in [2.75, 3.05) is 30.5 Å². The first-order valence-electron chi connectivity index (χ1n) is 7.86. The number of rotatable bonds is 6. The zero-order valence-corrected chi connectivity index (χ0v) is 14.7. The SMILES string of the molecule is CNc1nc(C(C)C)nc(NCC2(SC)CCCC2)c1C. The lowest BCUT2D eigenvalue weighted by Crippen LogP contribution is -2.30. The van der Waals surface area contributed by atoms with Gasteiger partial charge in [-0.15, -0.1) is 0 Å². The summed E-state index contributed by atoms with van der Waals surface area (Å²) in [5, 5.41) is 6.79. The predicted molar refractivity (Wildman–Crippen MR) is 93.6 cm³/mol. The Balaban J connectivity index is 2.20. The first kappa shape index (κ1) is 16.4. The van der Waals surface area contributed by atoms with Crippen LogP contribution in [0.3, 0.4) is 0 Å². The minimum Gasteiger partial charge on any atom is -0.373 e. The van der Waals surface area contributed by atoms with E-state index in [2.05, 4.69) is 42.6 Å². The van der Waals surface area contributed by atoms with Crippen LogP contribution in [0.5, 0.6) is 0 Å². The van der Waals surface area contributed by atoms with E-state index in [1.807, 2.05) is 18.8 Å². The molecular weight excluding hydrogens is 280 g/mol. The summed E-state index contributed by atoms with van der Waals surface area (Å²) in [6.07, 6.45) is 7.55. The van der Waals surface area contributed by atoms with E-state index in [1.165, 1.54) is 25.7 Å². The summed E-state index contributed by atoms with van der Waals surface area (Å²) in [7, 11) is 1.92. The smallest absolute Gasteiger partial charge is 0.135 e. The van der Waals surface area contributed by atoms with Crippen LogP contribution in [-0.2, 0) is 0 Å². The van der Waals surface area contributed by atoms with Crippen molar-refractivity contribution in [2.45, 2.75) is 57.1 Å². The largest absolute Gasteiger partial charge is 0.373 e. The van der Waals surface area contributed by atoms with E-state index in [-0.39, 0.29) is 0 Å². The van der Waals surface area contributed by atoms with Crippen molar-refractivity contribution in [3.8, 4) is 0 Å². The highest BCUT2D eigenvalue weighted by atomic mass is 32.2. The average molecular weight is 308 g/mol. The Bertz CT molecular complexity index is 481. The summed E-state index contributed by atoms with van der Waals surface area (Å²) < 4.78 is 0.384. The topological polar surface area (TPSA) is 49.8 Å². The molecule has 0 spiro atoms. The van der Waals surface area contributed by atoms with Crippen LogP contribution in [0.2, 0.25) is 0 Å². The van der Waals surface area contributed by atoms with Gasteiger partial charge in [-0.05, 0) is 26.0 Å². The highest BCUT2D eigenvalue weighted by molar-refractivity contribution is 8.00. The Morgan fingerprint density at radius 3 is 2.33 bits per heavy atom. The van der Waals surface area contributed by atoms with Crippen LogP contribution >= 0.6 is 11.8 Å². The Kier molecular flexibility index (Phi) is 5.36. The quantitative estimate of drug-likeness (QED) is 0.830. The van der Waals surface area contributed by atoms with Gasteiger partial charge in [-0.25, -0.2) is 9.97 Å². The van der Waals surface area contributed by atoms with Crippen LogP contribution in [0.15, 0.2) is 0 Å². The second-order valence-electron chi connectivity index (χ2n) is 6.26. The molecule has 1 aromatic rings. The van der Waals surface area contributed by atoms with Crippen LogP contribution in [0, 0.1) is 6.92 Å². The molecule has 0 aromatic carbocycles. The standard InChI is InChI=1S/C16H28N4S/c1-11(2)13-19-14(17-4)12(3)15(20-13)18-10-16(21-5)8-6-7-9-16/h11H,6-10H2,1-5H3,(H2,17,18,19,20). The number of nitrogens with one attached hydrogen (secondary N) is 2. The molecule has 0 amide bonds. The second-order valence-corrected chi connectivity index (χ2v) is 7.53. The summed E-state index contributed by atoms with van der Waals surface area (Å²) in [5.41, 5.74) is 1.11. The number of hydrogen-bond donors (Lipinski definition) is 2. The van der Waals surface area contributed by atoms with E-state index >= 15 is 0 Å². The molecule has 0 atom stereocenters.